The zero-order valence-corrected chi connectivity index (χ0v) is 17.4. The Morgan fingerprint density at radius 1 is 1.28 bits per heavy atom. The molecule has 1 atom stereocenters. The number of carbonyl (C=O) groups excluding carboxylic acids is 1. The molecule has 1 aliphatic rings. The lowest BCUT2D eigenvalue weighted by molar-refractivity contribution is 0.0950. The number of hydrogen-bond acceptors (Lipinski definition) is 4. The van der Waals surface area contributed by atoms with E-state index in [2.05, 4.69) is 35.2 Å². The minimum absolute atomic E-state index is 0.0108. The summed E-state index contributed by atoms with van der Waals surface area (Å²) in [6, 6.07) is 12.0. The molecular formula is C23H29N5O. The van der Waals surface area contributed by atoms with Gasteiger partial charge in [0.1, 0.15) is 0 Å². The van der Waals surface area contributed by atoms with E-state index in [1.165, 1.54) is 5.69 Å². The molecule has 4 rings (SSSR count). The Bertz CT molecular complexity index is 1010. The molecule has 1 fully saturated rings. The molecule has 6 heteroatoms. The number of hydrogen-bond donors (Lipinski definition) is 1. The van der Waals surface area contributed by atoms with Gasteiger partial charge in [-0.15, -0.1) is 0 Å². The maximum atomic E-state index is 12.9. The molecule has 1 aliphatic heterocycles. The van der Waals surface area contributed by atoms with Gasteiger partial charge in [0, 0.05) is 49.9 Å². The molecule has 2 aromatic heterocycles. The number of aryl methyl sites for hydroxylation is 1. The number of nitrogens with zero attached hydrogens (tertiary/aromatic N) is 4. The fraction of sp³-hybridized carbons (Fsp3) is 0.435. The molecule has 1 N–H and O–H groups in total. The summed E-state index contributed by atoms with van der Waals surface area (Å²) >= 11 is 0. The molecule has 0 spiro atoms. The highest BCUT2D eigenvalue weighted by Gasteiger charge is 2.27. The van der Waals surface area contributed by atoms with Crippen LogP contribution in [0.25, 0.3) is 10.9 Å². The number of benzene rings is 1. The molecule has 6 nitrogen and oxygen atoms in total. The van der Waals surface area contributed by atoms with Gasteiger partial charge in [-0.3, -0.25) is 19.4 Å². The van der Waals surface area contributed by atoms with Crippen molar-refractivity contribution in [3.63, 3.8) is 0 Å². The van der Waals surface area contributed by atoms with Crippen molar-refractivity contribution in [1.29, 1.82) is 0 Å². The largest absolute Gasteiger partial charge is 0.352 e. The van der Waals surface area contributed by atoms with Crippen molar-refractivity contribution in [2.45, 2.75) is 32.7 Å². The molecule has 1 saturated heterocycles. The van der Waals surface area contributed by atoms with Crippen molar-refractivity contribution >= 4 is 16.8 Å². The van der Waals surface area contributed by atoms with Crippen LogP contribution in [0.3, 0.4) is 0 Å². The summed E-state index contributed by atoms with van der Waals surface area (Å²) in [5.74, 6) is 0.745. The van der Waals surface area contributed by atoms with Crippen LogP contribution < -0.4 is 5.32 Å². The van der Waals surface area contributed by atoms with E-state index in [-0.39, 0.29) is 5.91 Å². The van der Waals surface area contributed by atoms with E-state index in [9.17, 15) is 4.79 Å². The monoisotopic (exact) mass is 391 g/mol. The molecule has 0 saturated carbocycles. The molecule has 3 heterocycles. The second-order valence-electron chi connectivity index (χ2n) is 8.38. The number of para-hydroxylation sites is 1. The maximum Gasteiger partial charge on any atom is 0.252 e. The Kier molecular flexibility index (Phi) is 5.62. The molecule has 1 unspecified atom stereocenters. The fourth-order valence-electron chi connectivity index (χ4n) is 3.99. The number of aromatic nitrogens is 3. The number of pyridine rings is 1. The van der Waals surface area contributed by atoms with E-state index in [0.29, 0.717) is 18.4 Å². The van der Waals surface area contributed by atoms with Gasteiger partial charge < -0.3 is 5.32 Å². The van der Waals surface area contributed by atoms with Gasteiger partial charge in [-0.2, -0.15) is 5.10 Å². The predicted molar refractivity (Wildman–Crippen MR) is 115 cm³/mol. The SMILES string of the molecule is CC(C)CNC(=O)c1cc(C2CCN(Cc3ccnn3C)C2)nc2ccccc12. The van der Waals surface area contributed by atoms with Gasteiger partial charge in [-0.25, -0.2) is 0 Å². The first-order valence-electron chi connectivity index (χ1n) is 10.4. The lowest BCUT2D eigenvalue weighted by Gasteiger charge is -2.17. The minimum atomic E-state index is -0.0108. The maximum absolute atomic E-state index is 12.9. The average Bonchev–Trinajstić information content (AvgIpc) is 3.35. The van der Waals surface area contributed by atoms with Gasteiger partial charge in [-0.1, -0.05) is 32.0 Å². The van der Waals surface area contributed by atoms with Crippen molar-refractivity contribution in [2.24, 2.45) is 13.0 Å². The third-order valence-electron chi connectivity index (χ3n) is 5.65. The zero-order chi connectivity index (χ0) is 20.4. The quantitative estimate of drug-likeness (QED) is 0.700. The van der Waals surface area contributed by atoms with Crippen LogP contribution in [-0.2, 0) is 13.6 Å². The van der Waals surface area contributed by atoms with Gasteiger partial charge in [0.05, 0.1) is 16.8 Å². The first kappa shape index (κ1) is 19.6. The van der Waals surface area contributed by atoms with E-state index < -0.39 is 0 Å². The van der Waals surface area contributed by atoms with Crippen molar-refractivity contribution in [3.05, 3.63) is 59.5 Å². The number of amides is 1. The van der Waals surface area contributed by atoms with Crippen LogP contribution in [0.4, 0.5) is 0 Å². The first-order chi connectivity index (χ1) is 14.0. The summed E-state index contributed by atoms with van der Waals surface area (Å²) in [5.41, 5.74) is 3.86. The molecule has 3 aromatic rings. The third kappa shape index (κ3) is 4.32. The molecule has 29 heavy (non-hydrogen) atoms. The molecule has 152 valence electrons. The van der Waals surface area contributed by atoms with Crippen molar-refractivity contribution in [1.82, 2.24) is 25.0 Å². The van der Waals surface area contributed by atoms with Crippen LogP contribution in [0.2, 0.25) is 0 Å². The van der Waals surface area contributed by atoms with Crippen LogP contribution in [0.1, 0.15) is 47.9 Å². The lowest BCUT2D eigenvalue weighted by atomic mass is 9.99. The van der Waals surface area contributed by atoms with E-state index in [0.717, 1.165) is 48.2 Å². The van der Waals surface area contributed by atoms with Gasteiger partial charge in [0.15, 0.2) is 0 Å². The number of nitrogens with one attached hydrogen (secondary N) is 1. The lowest BCUT2D eigenvalue weighted by Crippen LogP contribution is -2.28. The Balaban J connectivity index is 1.57. The summed E-state index contributed by atoms with van der Waals surface area (Å²) in [5, 5.41) is 8.25. The van der Waals surface area contributed by atoms with E-state index in [1.54, 1.807) is 0 Å². The summed E-state index contributed by atoms with van der Waals surface area (Å²) in [4.78, 5) is 20.2. The standard InChI is InChI=1S/C23H29N5O/c1-16(2)13-24-23(29)20-12-22(26-21-7-5-4-6-19(20)21)17-9-11-28(14-17)15-18-8-10-25-27(18)3/h4-8,10,12,16-17H,9,11,13-15H2,1-3H3,(H,24,29). The summed E-state index contributed by atoms with van der Waals surface area (Å²) in [6.07, 6.45) is 2.89. The number of fused-ring (bicyclic) bond motifs is 1. The second-order valence-corrected chi connectivity index (χ2v) is 8.38. The fourth-order valence-corrected chi connectivity index (χ4v) is 3.99. The van der Waals surface area contributed by atoms with Crippen LogP contribution in [0, 0.1) is 5.92 Å². The van der Waals surface area contributed by atoms with Gasteiger partial charge in [0.2, 0.25) is 0 Å². The third-order valence-corrected chi connectivity index (χ3v) is 5.65. The van der Waals surface area contributed by atoms with Gasteiger partial charge >= 0.3 is 0 Å². The highest BCUT2D eigenvalue weighted by atomic mass is 16.1. The summed E-state index contributed by atoms with van der Waals surface area (Å²) < 4.78 is 1.93. The Labute approximate surface area is 171 Å². The van der Waals surface area contributed by atoms with Gasteiger partial charge in [-0.05, 0) is 37.1 Å². The van der Waals surface area contributed by atoms with Crippen LogP contribution in [-0.4, -0.2) is 45.2 Å². The Hall–Kier alpha value is -2.73. The highest BCUT2D eigenvalue weighted by Crippen LogP contribution is 2.30. The van der Waals surface area contributed by atoms with Crippen molar-refractivity contribution in [3.8, 4) is 0 Å². The number of rotatable bonds is 6. The smallest absolute Gasteiger partial charge is 0.252 e. The Morgan fingerprint density at radius 2 is 2.10 bits per heavy atom. The number of likely N-dealkylation sites (tertiary alicyclic amines) is 1. The predicted octanol–water partition coefficient (Wildman–Crippen LogP) is 3.34. The minimum Gasteiger partial charge on any atom is -0.352 e. The molecule has 0 aliphatic carbocycles. The summed E-state index contributed by atoms with van der Waals surface area (Å²) in [7, 11) is 1.98. The molecule has 0 radical (unpaired) electrons. The zero-order valence-electron chi connectivity index (χ0n) is 17.4. The van der Waals surface area contributed by atoms with Crippen LogP contribution in [0.5, 0.6) is 0 Å². The van der Waals surface area contributed by atoms with Gasteiger partial charge in [0.25, 0.3) is 5.91 Å². The van der Waals surface area contributed by atoms with Crippen molar-refractivity contribution < 1.29 is 4.79 Å². The molecular weight excluding hydrogens is 362 g/mol. The van der Waals surface area contributed by atoms with Crippen LogP contribution >= 0.6 is 0 Å². The molecule has 1 aromatic carbocycles. The van der Waals surface area contributed by atoms with E-state index in [1.807, 2.05) is 48.3 Å². The van der Waals surface area contributed by atoms with E-state index >= 15 is 0 Å². The van der Waals surface area contributed by atoms with E-state index in [4.69, 9.17) is 4.98 Å². The first-order valence-corrected chi connectivity index (χ1v) is 10.4. The van der Waals surface area contributed by atoms with Crippen LogP contribution in [0.15, 0.2) is 42.6 Å². The average molecular weight is 392 g/mol. The molecule has 1 amide bonds. The topological polar surface area (TPSA) is 63.1 Å². The number of carbonyl (C=O) groups is 1. The van der Waals surface area contributed by atoms with Crippen molar-refractivity contribution in [2.75, 3.05) is 19.6 Å². The molecule has 0 bridgehead atoms. The Morgan fingerprint density at radius 3 is 2.86 bits per heavy atom. The normalized spacial score (nSPS) is 17.3. The summed E-state index contributed by atoms with van der Waals surface area (Å²) in [6.45, 7) is 7.75. The second kappa shape index (κ2) is 8.33. The highest BCUT2D eigenvalue weighted by molar-refractivity contribution is 6.06.